The van der Waals surface area contributed by atoms with Crippen molar-refractivity contribution in [1.29, 1.82) is 0 Å². The van der Waals surface area contributed by atoms with Gasteiger partial charge in [0.15, 0.2) is 0 Å². The van der Waals surface area contributed by atoms with Crippen molar-refractivity contribution in [3.05, 3.63) is 36.4 Å². The second kappa shape index (κ2) is 7.70. The van der Waals surface area contributed by atoms with Crippen molar-refractivity contribution >= 4 is 20.9 Å². The summed E-state index contributed by atoms with van der Waals surface area (Å²) in [5.74, 6) is 0.235. The third kappa shape index (κ3) is 4.49. The number of nitrogens with zero attached hydrogens (tertiary/aromatic N) is 2. The Labute approximate surface area is 148 Å². The van der Waals surface area contributed by atoms with E-state index in [0.717, 1.165) is 44.5 Å². The molecular formula is C18H24N2O4S. The number of fused-ring (bicyclic) bond motifs is 1. The Morgan fingerprint density at radius 2 is 1.80 bits per heavy atom. The molecule has 3 rings (SSSR count). The van der Waals surface area contributed by atoms with Gasteiger partial charge in [0, 0.05) is 38.1 Å². The fourth-order valence-corrected chi connectivity index (χ4v) is 3.75. The van der Waals surface area contributed by atoms with Gasteiger partial charge in [-0.3, -0.25) is 4.55 Å². The lowest BCUT2D eigenvalue weighted by Crippen LogP contribution is -2.44. The highest BCUT2D eigenvalue weighted by Crippen LogP contribution is 2.33. The maximum Gasteiger partial charge on any atom is 0.298 e. The lowest BCUT2D eigenvalue weighted by atomic mass is 10.1. The smallest absolute Gasteiger partial charge is 0.298 e. The average Bonchev–Trinajstić information content (AvgIpc) is 2.59. The van der Waals surface area contributed by atoms with Crippen molar-refractivity contribution < 1.29 is 17.7 Å². The van der Waals surface area contributed by atoms with Gasteiger partial charge >= 0.3 is 0 Å². The molecule has 1 fully saturated rings. The van der Waals surface area contributed by atoms with E-state index in [9.17, 15) is 13.0 Å². The first-order valence-electron chi connectivity index (χ1n) is 8.48. The van der Waals surface area contributed by atoms with E-state index in [-0.39, 0.29) is 10.6 Å². The summed E-state index contributed by atoms with van der Waals surface area (Å²) in [5, 5.41) is 1.57. The summed E-state index contributed by atoms with van der Waals surface area (Å²) in [6, 6.07) is 10.5. The number of piperazine rings is 1. The zero-order valence-corrected chi connectivity index (χ0v) is 15.2. The van der Waals surface area contributed by atoms with Crippen LogP contribution < -0.4 is 4.74 Å². The molecule has 0 bridgehead atoms. The molecule has 1 aliphatic rings. The number of ether oxygens (including phenoxy) is 1. The molecule has 7 heteroatoms. The molecule has 1 heterocycles. The molecule has 0 aromatic heterocycles. The van der Waals surface area contributed by atoms with Crippen LogP contribution in [0.3, 0.4) is 0 Å². The van der Waals surface area contributed by atoms with Gasteiger partial charge in [-0.05, 0) is 24.9 Å². The largest absolute Gasteiger partial charge is 0.491 e. The molecule has 1 aliphatic heterocycles. The van der Waals surface area contributed by atoms with E-state index in [0.29, 0.717) is 12.0 Å². The summed E-state index contributed by atoms with van der Waals surface area (Å²) in [6.45, 7) is 5.54. The third-order valence-corrected chi connectivity index (χ3v) is 5.46. The van der Waals surface area contributed by atoms with Crippen LogP contribution in [0.25, 0.3) is 10.8 Å². The van der Waals surface area contributed by atoms with Crippen molar-refractivity contribution in [3.63, 3.8) is 0 Å². The van der Waals surface area contributed by atoms with E-state index in [1.807, 2.05) is 18.2 Å². The molecule has 2 aromatic carbocycles. The maximum absolute atomic E-state index is 11.7. The Morgan fingerprint density at radius 1 is 1.08 bits per heavy atom. The van der Waals surface area contributed by atoms with E-state index in [1.165, 1.54) is 6.07 Å². The topological polar surface area (TPSA) is 70.1 Å². The predicted octanol–water partition coefficient (Wildman–Crippen LogP) is 2.10. The summed E-state index contributed by atoms with van der Waals surface area (Å²) in [4.78, 5) is 4.52. The fraction of sp³-hybridized carbons (Fsp3) is 0.444. The molecule has 2 aromatic rings. The molecular weight excluding hydrogens is 340 g/mol. The number of benzene rings is 2. The molecule has 6 nitrogen and oxygen atoms in total. The summed E-state index contributed by atoms with van der Waals surface area (Å²) in [5.41, 5.74) is 0. The minimum Gasteiger partial charge on any atom is -0.491 e. The number of hydrogen-bond donors (Lipinski definition) is 1. The standard InChI is InChI=1S/C18H24N2O4S/c1-19-10-12-20(13-11-19)9-4-14-24-18-16-6-3-2-5-15(16)7-8-17(18)25(21,22)23/h2-3,5-8H,4,9-14H2,1H3,(H,21,22,23). The van der Waals surface area contributed by atoms with Gasteiger partial charge in [-0.25, -0.2) is 0 Å². The summed E-state index contributed by atoms with van der Waals surface area (Å²) < 4.78 is 38.6. The summed E-state index contributed by atoms with van der Waals surface area (Å²) >= 11 is 0. The maximum atomic E-state index is 11.7. The van der Waals surface area contributed by atoms with E-state index in [1.54, 1.807) is 12.1 Å². The van der Waals surface area contributed by atoms with Crippen LogP contribution in [0.4, 0.5) is 0 Å². The van der Waals surface area contributed by atoms with Gasteiger partial charge in [0.25, 0.3) is 10.1 Å². The first kappa shape index (κ1) is 18.1. The second-order valence-corrected chi connectivity index (χ2v) is 7.83. The zero-order valence-electron chi connectivity index (χ0n) is 14.4. The molecule has 136 valence electrons. The highest BCUT2D eigenvalue weighted by Gasteiger charge is 2.19. The highest BCUT2D eigenvalue weighted by molar-refractivity contribution is 7.86. The first-order valence-corrected chi connectivity index (χ1v) is 9.92. The molecule has 0 amide bonds. The van der Waals surface area contributed by atoms with Gasteiger partial charge in [-0.2, -0.15) is 8.42 Å². The molecule has 0 radical (unpaired) electrons. The lowest BCUT2D eigenvalue weighted by Gasteiger charge is -2.32. The Hall–Kier alpha value is -1.67. The Morgan fingerprint density at radius 3 is 2.52 bits per heavy atom. The third-order valence-electron chi connectivity index (χ3n) is 4.58. The summed E-state index contributed by atoms with van der Waals surface area (Å²) in [7, 11) is -2.21. The van der Waals surface area contributed by atoms with Crippen LogP contribution in [0, 0.1) is 0 Å². The van der Waals surface area contributed by atoms with Crippen LogP contribution in [0.2, 0.25) is 0 Å². The molecule has 1 saturated heterocycles. The van der Waals surface area contributed by atoms with Crippen molar-refractivity contribution in [2.24, 2.45) is 0 Å². The Bertz CT molecular complexity index is 830. The molecule has 0 saturated carbocycles. The average molecular weight is 364 g/mol. The monoisotopic (exact) mass is 364 g/mol. The van der Waals surface area contributed by atoms with Crippen LogP contribution in [0.5, 0.6) is 5.75 Å². The molecule has 0 unspecified atom stereocenters. The van der Waals surface area contributed by atoms with Crippen molar-refractivity contribution in [2.75, 3.05) is 46.4 Å². The van der Waals surface area contributed by atoms with Crippen LogP contribution in [0.1, 0.15) is 6.42 Å². The van der Waals surface area contributed by atoms with Gasteiger partial charge in [0.05, 0.1) is 6.61 Å². The number of rotatable bonds is 6. The van der Waals surface area contributed by atoms with Crippen LogP contribution >= 0.6 is 0 Å². The quantitative estimate of drug-likeness (QED) is 0.625. The fourth-order valence-electron chi connectivity index (χ4n) is 3.11. The minimum atomic E-state index is -4.33. The molecule has 0 atom stereocenters. The van der Waals surface area contributed by atoms with Crippen molar-refractivity contribution in [1.82, 2.24) is 9.80 Å². The molecule has 0 spiro atoms. The van der Waals surface area contributed by atoms with Gasteiger partial charge in [0.1, 0.15) is 10.6 Å². The highest BCUT2D eigenvalue weighted by atomic mass is 32.2. The van der Waals surface area contributed by atoms with Crippen LogP contribution in [0.15, 0.2) is 41.3 Å². The Balaban J connectivity index is 1.69. The van der Waals surface area contributed by atoms with Crippen molar-refractivity contribution in [3.8, 4) is 5.75 Å². The van der Waals surface area contributed by atoms with E-state index >= 15 is 0 Å². The van der Waals surface area contributed by atoms with Crippen molar-refractivity contribution in [2.45, 2.75) is 11.3 Å². The first-order chi connectivity index (χ1) is 11.9. The SMILES string of the molecule is CN1CCN(CCCOc2c(S(=O)(=O)O)ccc3ccccc23)CC1. The van der Waals surface area contributed by atoms with Gasteiger partial charge in [-0.15, -0.1) is 0 Å². The van der Waals surface area contributed by atoms with Gasteiger partial charge in [-0.1, -0.05) is 30.3 Å². The summed E-state index contributed by atoms with van der Waals surface area (Å²) in [6.07, 6.45) is 0.803. The molecule has 1 N–H and O–H groups in total. The normalized spacial score (nSPS) is 17.0. The van der Waals surface area contributed by atoms with Crippen LogP contribution in [-0.2, 0) is 10.1 Å². The zero-order chi connectivity index (χ0) is 17.9. The number of likely N-dealkylation sites (N-methyl/N-ethyl adjacent to an activating group) is 1. The molecule has 25 heavy (non-hydrogen) atoms. The van der Waals surface area contributed by atoms with E-state index < -0.39 is 10.1 Å². The van der Waals surface area contributed by atoms with E-state index in [2.05, 4.69) is 16.8 Å². The second-order valence-electron chi connectivity index (χ2n) is 6.44. The van der Waals surface area contributed by atoms with Gasteiger partial charge < -0.3 is 14.5 Å². The lowest BCUT2D eigenvalue weighted by molar-refractivity contribution is 0.145. The Kier molecular flexibility index (Phi) is 5.58. The van der Waals surface area contributed by atoms with Gasteiger partial charge in [0.2, 0.25) is 0 Å². The van der Waals surface area contributed by atoms with E-state index in [4.69, 9.17) is 4.74 Å². The number of hydrogen-bond acceptors (Lipinski definition) is 5. The minimum absolute atomic E-state index is 0.175. The van der Waals surface area contributed by atoms with Crippen LogP contribution in [-0.4, -0.2) is 69.1 Å². The predicted molar refractivity (Wildman–Crippen MR) is 97.8 cm³/mol. The molecule has 0 aliphatic carbocycles.